The Morgan fingerprint density at radius 3 is 3.14 bits per heavy atom. The molecule has 0 atom stereocenters. The highest BCUT2D eigenvalue weighted by Gasteiger charge is 2.23. The van der Waals surface area contributed by atoms with Crippen molar-refractivity contribution in [2.24, 2.45) is 7.05 Å². The molecule has 2 N–H and O–H groups in total. The summed E-state index contributed by atoms with van der Waals surface area (Å²) in [6.45, 7) is 0. The lowest BCUT2D eigenvalue weighted by Gasteiger charge is -2.07. The zero-order chi connectivity index (χ0) is 14.4. The van der Waals surface area contributed by atoms with Crippen molar-refractivity contribution in [2.45, 2.75) is 11.5 Å². The van der Waals surface area contributed by atoms with Crippen LogP contribution in [0.3, 0.4) is 0 Å². The quantitative estimate of drug-likeness (QED) is 0.764. The van der Waals surface area contributed by atoms with Crippen molar-refractivity contribution in [2.75, 3.05) is 5.32 Å². The van der Waals surface area contributed by atoms with E-state index in [-0.39, 0.29) is 5.91 Å². The number of aryl methyl sites for hydroxylation is 1. The molecule has 6 heteroatoms. The van der Waals surface area contributed by atoms with E-state index in [9.17, 15) is 4.79 Å². The molecule has 1 aromatic carbocycles. The summed E-state index contributed by atoms with van der Waals surface area (Å²) in [4.78, 5) is 15.7. The Balaban J connectivity index is 1.70. The standard InChI is InChI=1S/C15H14N4OS/c1-19-14(11-7-21-8-13(11)18-19)17-15(20)10-6-16-12-5-3-2-4-9(10)12/h2-6,16H,7-8H2,1H3,(H,17,20). The van der Waals surface area contributed by atoms with E-state index in [0.29, 0.717) is 5.56 Å². The summed E-state index contributed by atoms with van der Waals surface area (Å²) in [7, 11) is 1.87. The van der Waals surface area contributed by atoms with Crippen molar-refractivity contribution in [3.8, 4) is 0 Å². The molecule has 0 fully saturated rings. The second-order valence-corrected chi connectivity index (χ2v) is 6.08. The van der Waals surface area contributed by atoms with Crippen molar-refractivity contribution in [3.63, 3.8) is 0 Å². The van der Waals surface area contributed by atoms with Crippen LogP contribution in [0.15, 0.2) is 30.5 Å². The minimum absolute atomic E-state index is 0.102. The molecule has 21 heavy (non-hydrogen) atoms. The number of para-hydroxylation sites is 1. The molecule has 0 aliphatic carbocycles. The van der Waals surface area contributed by atoms with Crippen molar-refractivity contribution in [1.29, 1.82) is 0 Å². The number of fused-ring (bicyclic) bond motifs is 2. The van der Waals surface area contributed by atoms with Gasteiger partial charge in [0.2, 0.25) is 0 Å². The topological polar surface area (TPSA) is 62.7 Å². The van der Waals surface area contributed by atoms with E-state index in [4.69, 9.17) is 0 Å². The Bertz CT molecular complexity index is 849. The van der Waals surface area contributed by atoms with Crippen LogP contribution in [0, 0.1) is 0 Å². The van der Waals surface area contributed by atoms with Gasteiger partial charge in [0.15, 0.2) is 0 Å². The Morgan fingerprint density at radius 2 is 2.24 bits per heavy atom. The molecule has 0 bridgehead atoms. The van der Waals surface area contributed by atoms with Gasteiger partial charge < -0.3 is 10.3 Å². The van der Waals surface area contributed by atoms with Gasteiger partial charge in [-0.15, -0.1) is 0 Å². The zero-order valence-electron chi connectivity index (χ0n) is 11.5. The molecule has 3 aromatic rings. The number of aromatic amines is 1. The fourth-order valence-corrected chi connectivity index (χ4v) is 3.77. The van der Waals surface area contributed by atoms with E-state index in [1.165, 1.54) is 0 Å². The maximum atomic E-state index is 12.6. The summed E-state index contributed by atoms with van der Waals surface area (Å²) in [5, 5.41) is 8.41. The maximum absolute atomic E-state index is 12.6. The fourth-order valence-electron chi connectivity index (χ4n) is 2.73. The number of H-pyrrole nitrogens is 1. The molecule has 1 aliphatic heterocycles. The molecule has 106 valence electrons. The van der Waals surface area contributed by atoms with Crippen LogP contribution in [-0.2, 0) is 18.6 Å². The third kappa shape index (κ3) is 1.94. The van der Waals surface area contributed by atoms with Gasteiger partial charge in [-0.3, -0.25) is 9.48 Å². The lowest BCUT2D eigenvalue weighted by Crippen LogP contribution is -2.15. The summed E-state index contributed by atoms with van der Waals surface area (Å²) in [5.74, 6) is 2.54. The predicted molar refractivity (Wildman–Crippen MR) is 84.5 cm³/mol. The van der Waals surface area contributed by atoms with Gasteiger partial charge in [0.05, 0.1) is 11.3 Å². The number of hydrogen-bond donors (Lipinski definition) is 2. The van der Waals surface area contributed by atoms with Crippen LogP contribution >= 0.6 is 11.8 Å². The van der Waals surface area contributed by atoms with Gasteiger partial charge in [0.25, 0.3) is 5.91 Å². The van der Waals surface area contributed by atoms with Crippen LogP contribution in [-0.4, -0.2) is 20.7 Å². The van der Waals surface area contributed by atoms with E-state index in [1.807, 2.05) is 43.1 Å². The lowest BCUT2D eigenvalue weighted by molar-refractivity contribution is 0.102. The molecule has 2 aromatic heterocycles. The Labute approximate surface area is 125 Å². The minimum Gasteiger partial charge on any atom is -0.360 e. The number of nitrogens with zero attached hydrogens (tertiary/aromatic N) is 2. The monoisotopic (exact) mass is 298 g/mol. The van der Waals surface area contributed by atoms with Crippen molar-refractivity contribution in [1.82, 2.24) is 14.8 Å². The van der Waals surface area contributed by atoms with Crippen LogP contribution in [0.5, 0.6) is 0 Å². The smallest absolute Gasteiger partial charge is 0.258 e. The molecule has 0 spiro atoms. The molecule has 0 saturated carbocycles. The van der Waals surface area contributed by atoms with Crippen LogP contribution < -0.4 is 5.32 Å². The van der Waals surface area contributed by atoms with E-state index < -0.39 is 0 Å². The molecule has 1 amide bonds. The van der Waals surface area contributed by atoms with E-state index >= 15 is 0 Å². The summed E-state index contributed by atoms with van der Waals surface area (Å²) in [6.07, 6.45) is 1.76. The molecule has 5 nitrogen and oxygen atoms in total. The number of carbonyl (C=O) groups is 1. The number of amides is 1. The highest BCUT2D eigenvalue weighted by atomic mass is 32.2. The average molecular weight is 298 g/mol. The predicted octanol–water partition coefficient (Wildman–Crippen LogP) is 2.90. The van der Waals surface area contributed by atoms with Crippen LogP contribution in [0.25, 0.3) is 10.9 Å². The number of rotatable bonds is 2. The highest BCUT2D eigenvalue weighted by Crippen LogP contribution is 2.34. The third-order valence-corrected chi connectivity index (χ3v) is 4.75. The first-order valence-corrected chi connectivity index (χ1v) is 7.89. The number of anilines is 1. The van der Waals surface area contributed by atoms with Gasteiger partial charge in [0, 0.05) is 41.2 Å². The Hall–Kier alpha value is -2.21. The van der Waals surface area contributed by atoms with Crippen molar-refractivity contribution >= 4 is 34.4 Å². The maximum Gasteiger partial charge on any atom is 0.258 e. The second-order valence-electron chi connectivity index (χ2n) is 5.09. The molecular weight excluding hydrogens is 284 g/mol. The van der Waals surface area contributed by atoms with E-state index in [1.54, 1.807) is 10.9 Å². The SMILES string of the molecule is Cn1nc2c(c1NC(=O)c1c[nH]c3ccccc13)CSC2. The minimum atomic E-state index is -0.102. The Kier molecular flexibility index (Phi) is 2.78. The summed E-state index contributed by atoms with van der Waals surface area (Å²) in [6, 6.07) is 7.80. The van der Waals surface area contributed by atoms with E-state index in [0.717, 1.165) is 39.5 Å². The first-order chi connectivity index (χ1) is 10.2. The highest BCUT2D eigenvalue weighted by molar-refractivity contribution is 7.98. The molecule has 4 rings (SSSR count). The molecule has 0 saturated heterocycles. The first kappa shape index (κ1) is 12.5. The van der Waals surface area contributed by atoms with Gasteiger partial charge in [-0.25, -0.2) is 0 Å². The van der Waals surface area contributed by atoms with Crippen LogP contribution in [0.1, 0.15) is 21.6 Å². The summed E-state index contributed by atoms with van der Waals surface area (Å²) in [5.41, 5.74) is 3.85. The Morgan fingerprint density at radius 1 is 1.38 bits per heavy atom. The van der Waals surface area contributed by atoms with Gasteiger partial charge >= 0.3 is 0 Å². The van der Waals surface area contributed by atoms with Crippen LogP contribution in [0.4, 0.5) is 5.82 Å². The zero-order valence-corrected chi connectivity index (χ0v) is 12.3. The average Bonchev–Trinajstić information content (AvgIpc) is 3.15. The fraction of sp³-hybridized carbons (Fsp3) is 0.200. The van der Waals surface area contributed by atoms with Gasteiger partial charge in [0.1, 0.15) is 5.82 Å². The molecule has 3 heterocycles. The third-order valence-electron chi connectivity index (χ3n) is 3.78. The van der Waals surface area contributed by atoms with E-state index in [2.05, 4.69) is 15.4 Å². The molecule has 1 aliphatic rings. The van der Waals surface area contributed by atoms with Gasteiger partial charge in [-0.05, 0) is 6.07 Å². The second kappa shape index (κ2) is 4.66. The molecular formula is C15H14N4OS. The molecule has 0 unspecified atom stereocenters. The van der Waals surface area contributed by atoms with Gasteiger partial charge in [-0.2, -0.15) is 16.9 Å². The number of thioether (sulfide) groups is 1. The summed E-state index contributed by atoms with van der Waals surface area (Å²) < 4.78 is 1.76. The number of hydrogen-bond acceptors (Lipinski definition) is 3. The normalized spacial score (nSPS) is 13.6. The van der Waals surface area contributed by atoms with Crippen molar-refractivity contribution < 1.29 is 4.79 Å². The lowest BCUT2D eigenvalue weighted by atomic mass is 10.1. The summed E-state index contributed by atoms with van der Waals surface area (Å²) >= 11 is 1.83. The number of carbonyl (C=O) groups excluding carboxylic acids is 1. The first-order valence-electron chi connectivity index (χ1n) is 6.74. The van der Waals surface area contributed by atoms with Gasteiger partial charge in [-0.1, -0.05) is 18.2 Å². The largest absolute Gasteiger partial charge is 0.360 e. The number of benzene rings is 1. The van der Waals surface area contributed by atoms with Crippen LogP contribution in [0.2, 0.25) is 0 Å². The number of aromatic nitrogens is 3. The number of nitrogens with one attached hydrogen (secondary N) is 2. The molecule has 0 radical (unpaired) electrons. The van der Waals surface area contributed by atoms with Crippen molar-refractivity contribution in [3.05, 3.63) is 47.3 Å².